The zero-order valence-corrected chi connectivity index (χ0v) is 18.8. The monoisotopic (exact) mass is 318 g/mol. The average molecular weight is 318 g/mol. The van der Waals surface area contributed by atoms with E-state index in [2.05, 4.69) is 5.73 Å². The van der Waals surface area contributed by atoms with Gasteiger partial charge >= 0.3 is 160 Å². The fourth-order valence-corrected chi connectivity index (χ4v) is 0.127. The average Bonchev–Trinajstić information content (AvgIpc) is 1.52. The minimum Gasteiger partial charge on any atom is -0.822 e. The molecule has 74 valence electrons. The fourth-order valence-electron chi connectivity index (χ4n) is 0.127. The summed E-state index contributed by atoms with van der Waals surface area (Å²) in [6.07, 6.45) is -1.85. The Labute approximate surface area is 213 Å². The molecule has 0 saturated heterocycles. The Morgan fingerprint density at radius 3 is 1.40 bits per heavy atom. The number of amides is 2. The Kier molecular flexibility index (Phi) is 38.3. The van der Waals surface area contributed by atoms with Crippen LogP contribution in [0.5, 0.6) is 0 Å². The molecule has 9 nitrogen and oxygen atoms in total. The Morgan fingerprint density at radius 1 is 1.20 bits per heavy atom. The largest absolute Gasteiger partial charge is 1.00 e. The summed E-state index contributed by atoms with van der Waals surface area (Å²) >= 11 is 0. The number of nitrogens with two attached hydrogens (primary N) is 1. The van der Waals surface area contributed by atoms with Crippen LogP contribution < -0.4 is 180 Å². The van der Waals surface area contributed by atoms with Crippen LogP contribution in [0.2, 0.25) is 0 Å². The van der Waals surface area contributed by atoms with E-state index in [0.717, 1.165) is 0 Å². The first kappa shape index (κ1) is 31.5. The van der Waals surface area contributed by atoms with E-state index in [1.54, 1.807) is 5.32 Å². The molecule has 0 aliphatic rings. The molecular weight excluding hydrogens is 312 g/mol. The molecule has 0 unspecified atom stereocenters. The molecule has 0 radical (unpaired) electrons. The van der Waals surface area contributed by atoms with Crippen LogP contribution in [0.3, 0.4) is 0 Å². The molecule has 0 saturated carbocycles. The molecule has 0 fully saturated rings. The second-order valence-electron chi connectivity index (χ2n) is 1.33. The van der Waals surface area contributed by atoms with E-state index in [9.17, 15) is 4.79 Å². The van der Waals surface area contributed by atoms with Crippen LogP contribution in [0.15, 0.2) is 0 Å². The van der Waals surface area contributed by atoms with E-state index in [-0.39, 0.29) is 154 Å². The summed E-state index contributed by atoms with van der Waals surface area (Å²) < 4.78 is 8.55. The van der Waals surface area contributed by atoms with E-state index < -0.39 is 20.3 Å². The molecule has 13 heteroatoms. The van der Waals surface area contributed by atoms with Crippen molar-refractivity contribution in [1.29, 1.82) is 0 Å². The number of nitrogens with one attached hydrogen (secondary N) is 1. The topological polar surface area (TPSA) is 182 Å². The first-order valence-corrected chi connectivity index (χ1v) is 3.74. The Hall–Kier alpha value is 4.21. The number of carbonyl (C=O) groups excluding carboxylic acids is 1. The smallest absolute Gasteiger partial charge is 0.822 e. The maximum Gasteiger partial charge on any atom is 1.00 e. The van der Waals surface area contributed by atoms with E-state index in [0.29, 0.717) is 0 Å². The number of urea groups is 1. The minimum atomic E-state index is -5.39. The van der Waals surface area contributed by atoms with Crippen molar-refractivity contribution in [2.45, 2.75) is 6.41 Å². The van der Waals surface area contributed by atoms with E-state index in [4.69, 9.17) is 29.5 Å². The van der Waals surface area contributed by atoms with Crippen molar-refractivity contribution in [3.05, 3.63) is 0 Å². The van der Waals surface area contributed by atoms with Gasteiger partial charge in [-0.05, 0) is 0 Å². The number of aliphatic hydroxyl groups excluding tert-OH is 1. The van der Waals surface area contributed by atoms with Crippen LogP contribution >= 0.6 is 7.82 Å². The van der Waals surface area contributed by atoms with Crippen molar-refractivity contribution in [2.24, 2.45) is 5.73 Å². The molecule has 0 aliphatic heterocycles. The van der Waals surface area contributed by atoms with Gasteiger partial charge in [-0.3, -0.25) is 5.32 Å². The molecular formula is C2H6K3N2O7P. The quantitative estimate of drug-likeness (QED) is 0.210. The third-order valence-corrected chi connectivity index (χ3v) is 0.271. The number of phosphoric acid groups is 1. The number of aliphatic hydroxyl groups is 2. The Balaban J connectivity index is -0.0000000383. The van der Waals surface area contributed by atoms with Gasteiger partial charge in [0.05, 0.1) is 0 Å². The fraction of sp³-hybridized carbons (Fsp3) is 0.500. The summed E-state index contributed by atoms with van der Waals surface area (Å²) in [6, 6.07) is -0.963. The Bertz CT molecular complexity index is 177. The molecule has 0 rings (SSSR count). The number of carbonyl (C=O) groups is 1. The molecule has 0 aromatic rings. The van der Waals surface area contributed by atoms with Gasteiger partial charge in [0, 0.05) is 0 Å². The molecule has 5 N–H and O–H groups in total. The standard InChI is InChI=1S/C2H6N2O3.3K.H3O4P/c3-1(5)4-2(6)7;;;;1-5(2,3)4/h2,6-7H,(H3,3,4,5);;;;(H3,1,2,3,4)/q;3*+1;/p-3. The van der Waals surface area contributed by atoms with Crippen molar-refractivity contribution in [3.8, 4) is 0 Å². The molecule has 0 aliphatic carbocycles. The van der Waals surface area contributed by atoms with Gasteiger partial charge in [-0.25, -0.2) is 4.79 Å². The van der Waals surface area contributed by atoms with Crippen LogP contribution in [0.25, 0.3) is 0 Å². The molecule has 0 bridgehead atoms. The summed E-state index contributed by atoms with van der Waals surface area (Å²) in [5.41, 5.74) is 4.42. The van der Waals surface area contributed by atoms with Crippen molar-refractivity contribution >= 4 is 13.9 Å². The van der Waals surface area contributed by atoms with Gasteiger partial charge in [0.2, 0.25) is 6.41 Å². The van der Waals surface area contributed by atoms with E-state index >= 15 is 0 Å². The minimum absolute atomic E-state index is 0. The number of primary amides is 1. The normalized spacial score (nSPS) is 8.13. The van der Waals surface area contributed by atoms with Gasteiger partial charge in [0.25, 0.3) is 0 Å². The van der Waals surface area contributed by atoms with Crippen LogP contribution in [0, 0.1) is 0 Å². The zero-order valence-electron chi connectivity index (χ0n) is 8.54. The zero-order chi connectivity index (χ0) is 10.4. The van der Waals surface area contributed by atoms with E-state index in [1.165, 1.54) is 0 Å². The molecule has 0 aromatic heterocycles. The van der Waals surface area contributed by atoms with Crippen molar-refractivity contribution in [1.82, 2.24) is 5.32 Å². The number of hydrogen-bond donors (Lipinski definition) is 4. The summed E-state index contributed by atoms with van der Waals surface area (Å²) in [6.45, 7) is 0. The predicted molar refractivity (Wildman–Crippen MR) is 28.6 cm³/mol. The third kappa shape index (κ3) is 71.0. The first-order valence-electron chi connectivity index (χ1n) is 2.28. The summed E-state index contributed by atoms with van der Waals surface area (Å²) in [7, 11) is -5.39. The van der Waals surface area contributed by atoms with Crippen molar-refractivity contribution < 1.29 is 188 Å². The maximum atomic E-state index is 9.60. The molecule has 15 heavy (non-hydrogen) atoms. The van der Waals surface area contributed by atoms with Gasteiger partial charge in [0.1, 0.15) is 0 Å². The van der Waals surface area contributed by atoms with Gasteiger partial charge in [-0.15, -0.1) is 0 Å². The van der Waals surface area contributed by atoms with Gasteiger partial charge in [-0.1, -0.05) is 0 Å². The van der Waals surface area contributed by atoms with Crippen LogP contribution in [0.4, 0.5) is 4.79 Å². The maximum absolute atomic E-state index is 9.60. The Morgan fingerprint density at radius 2 is 1.40 bits per heavy atom. The van der Waals surface area contributed by atoms with Gasteiger partial charge < -0.3 is 35.2 Å². The first-order chi connectivity index (χ1) is 5.13. The third-order valence-electron chi connectivity index (χ3n) is 0.271. The molecule has 0 spiro atoms. The summed E-state index contributed by atoms with van der Waals surface area (Å²) in [5.74, 6) is 0. The molecule has 0 heterocycles. The van der Waals surface area contributed by atoms with Crippen LogP contribution in [-0.2, 0) is 4.57 Å². The molecule has 2 amide bonds. The number of rotatable bonds is 1. The summed E-state index contributed by atoms with van der Waals surface area (Å²) in [5, 5.41) is 17.3. The number of hydrogen-bond acceptors (Lipinski definition) is 7. The second-order valence-corrected chi connectivity index (χ2v) is 2.22. The van der Waals surface area contributed by atoms with E-state index in [1.807, 2.05) is 0 Å². The summed E-state index contributed by atoms with van der Waals surface area (Å²) in [4.78, 5) is 35.2. The predicted octanol–water partition coefficient (Wildman–Crippen LogP) is -13.9. The SMILES string of the molecule is NC(=O)NC(O)O.O=P([O-])([O-])[O-].[K+].[K+].[K+]. The van der Waals surface area contributed by atoms with Gasteiger partial charge in [-0.2, -0.15) is 7.82 Å². The van der Waals surface area contributed by atoms with Crippen molar-refractivity contribution in [2.75, 3.05) is 0 Å². The second kappa shape index (κ2) is 18.2. The van der Waals surface area contributed by atoms with Crippen LogP contribution in [0.1, 0.15) is 0 Å². The van der Waals surface area contributed by atoms with Crippen LogP contribution in [-0.4, -0.2) is 22.7 Å². The molecule has 0 aromatic carbocycles. The van der Waals surface area contributed by atoms with Crippen molar-refractivity contribution in [3.63, 3.8) is 0 Å². The van der Waals surface area contributed by atoms with Gasteiger partial charge in [0.15, 0.2) is 0 Å². The molecule has 0 atom stereocenters.